The lowest BCUT2D eigenvalue weighted by molar-refractivity contribution is 0.192. The van der Waals surface area contributed by atoms with Gasteiger partial charge in [-0.15, -0.1) is 0 Å². The van der Waals surface area contributed by atoms with E-state index in [2.05, 4.69) is 73.3 Å². The maximum Gasteiger partial charge on any atom is 0.118 e. The molecule has 0 aliphatic rings. The van der Waals surface area contributed by atoms with Crippen LogP contribution in [0.15, 0.2) is 54.6 Å². The molecule has 0 aliphatic carbocycles. The van der Waals surface area contributed by atoms with E-state index in [4.69, 9.17) is 4.74 Å². The van der Waals surface area contributed by atoms with E-state index in [9.17, 15) is 0 Å². The molecule has 23 heavy (non-hydrogen) atoms. The number of nitrogens with zero attached hydrogens (tertiary/aromatic N) is 1. The van der Waals surface area contributed by atoms with Gasteiger partial charge in [0.25, 0.3) is 0 Å². The summed E-state index contributed by atoms with van der Waals surface area (Å²) in [5.74, 6) is 0.922. The number of benzene rings is 2. The van der Waals surface area contributed by atoms with Crippen molar-refractivity contribution in [1.29, 1.82) is 0 Å². The summed E-state index contributed by atoms with van der Waals surface area (Å²) >= 11 is 0. The topological polar surface area (TPSA) is 12.5 Å². The summed E-state index contributed by atoms with van der Waals surface area (Å²) in [6, 6.07) is 19.8. The number of methoxy groups -OCH3 is 1. The standard InChI is InChI=1S/C21H29NO/c1-4-8-18(2)22(16-15-19-9-6-5-7-10-19)17-20-11-13-21(23-3)14-12-20/h5-7,9-14,18H,4,8,15-17H2,1-3H3. The lowest BCUT2D eigenvalue weighted by atomic mass is 10.1. The van der Waals surface area contributed by atoms with Crippen molar-refractivity contribution in [2.24, 2.45) is 0 Å². The van der Waals surface area contributed by atoms with Crippen molar-refractivity contribution in [3.05, 3.63) is 65.7 Å². The van der Waals surface area contributed by atoms with E-state index in [-0.39, 0.29) is 0 Å². The Morgan fingerprint density at radius 1 is 0.957 bits per heavy atom. The highest BCUT2D eigenvalue weighted by Crippen LogP contribution is 2.16. The van der Waals surface area contributed by atoms with Gasteiger partial charge in [0, 0.05) is 19.1 Å². The molecule has 0 saturated heterocycles. The fourth-order valence-corrected chi connectivity index (χ4v) is 2.94. The van der Waals surface area contributed by atoms with Crippen molar-refractivity contribution >= 4 is 0 Å². The molecule has 2 heteroatoms. The summed E-state index contributed by atoms with van der Waals surface area (Å²) < 4.78 is 5.25. The van der Waals surface area contributed by atoms with Crippen LogP contribution in [-0.4, -0.2) is 24.6 Å². The first-order valence-corrected chi connectivity index (χ1v) is 8.63. The Hall–Kier alpha value is -1.80. The van der Waals surface area contributed by atoms with Crippen molar-refractivity contribution in [3.63, 3.8) is 0 Å². The van der Waals surface area contributed by atoms with Crippen LogP contribution in [0.25, 0.3) is 0 Å². The lowest BCUT2D eigenvalue weighted by Crippen LogP contribution is -2.34. The summed E-state index contributed by atoms with van der Waals surface area (Å²) in [4.78, 5) is 2.60. The van der Waals surface area contributed by atoms with Crippen LogP contribution >= 0.6 is 0 Å². The van der Waals surface area contributed by atoms with Crippen molar-refractivity contribution in [1.82, 2.24) is 4.90 Å². The minimum atomic E-state index is 0.603. The van der Waals surface area contributed by atoms with Gasteiger partial charge in [-0.05, 0) is 43.0 Å². The van der Waals surface area contributed by atoms with Crippen LogP contribution in [0.3, 0.4) is 0 Å². The Morgan fingerprint density at radius 2 is 1.65 bits per heavy atom. The lowest BCUT2D eigenvalue weighted by Gasteiger charge is -2.29. The average molecular weight is 311 g/mol. The first kappa shape index (κ1) is 17.6. The normalized spacial score (nSPS) is 12.3. The molecule has 2 rings (SSSR count). The minimum Gasteiger partial charge on any atom is -0.497 e. The van der Waals surface area contributed by atoms with Crippen LogP contribution in [-0.2, 0) is 13.0 Å². The SMILES string of the molecule is CCCC(C)N(CCc1ccccc1)Cc1ccc(OC)cc1. The third-order valence-electron chi connectivity index (χ3n) is 4.41. The highest BCUT2D eigenvalue weighted by Gasteiger charge is 2.13. The maximum absolute atomic E-state index is 5.25. The third kappa shape index (κ3) is 5.72. The molecule has 0 radical (unpaired) electrons. The molecule has 0 aliphatic heterocycles. The van der Waals surface area contributed by atoms with Crippen LogP contribution < -0.4 is 4.74 Å². The second-order valence-corrected chi connectivity index (χ2v) is 6.19. The Bertz CT molecular complexity index is 550. The van der Waals surface area contributed by atoms with Crippen molar-refractivity contribution < 1.29 is 4.74 Å². The van der Waals surface area contributed by atoms with Crippen LogP contribution in [0.2, 0.25) is 0 Å². The van der Waals surface area contributed by atoms with Gasteiger partial charge in [0.1, 0.15) is 5.75 Å². The fourth-order valence-electron chi connectivity index (χ4n) is 2.94. The number of rotatable bonds is 9. The van der Waals surface area contributed by atoms with E-state index in [1.54, 1.807) is 7.11 Å². The van der Waals surface area contributed by atoms with E-state index in [1.165, 1.54) is 24.0 Å². The highest BCUT2D eigenvalue weighted by molar-refractivity contribution is 5.27. The van der Waals surface area contributed by atoms with Gasteiger partial charge >= 0.3 is 0 Å². The van der Waals surface area contributed by atoms with E-state index >= 15 is 0 Å². The first-order valence-electron chi connectivity index (χ1n) is 8.63. The largest absolute Gasteiger partial charge is 0.497 e. The predicted molar refractivity (Wildman–Crippen MR) is 97.9 cm³/mol. The molecule has 124 valence electrons. The quantitative estimate of drug-likeness (QED) is 0.651. The van der Waals surface area contributed by atoms with Gasteiger partial charge in [-0.3, -0.25) is 4.90 Å². The number of ether oxygens (including phenoxy) is 1. The fraction of sp³-hybridized carbons (Fsp3) is 0.429. The molecule has 0 fully saturated rings. The maximum atomic E-state index is 5.25. The molecule has 0 N–H and O–H groups in total. The number of hydrogen-bond acceptors (Lipinski definition) is 2. The summed E-state index contributed by atoms with van der Waals surface area (Å²) in [5.41, 5.74) is 2.76. The molecular weight excluding hydrogens is 282 g/mol. The smallest absolute Gasteiger partial charge is 0.118 e. The molecule has 2 nitrogen and oxygen atoms in total. The van der Waals surface area contributed by atoms with Crippen LogP contribution in [0.5, 0.6) is 5.75 Å². The molecule has 0 spiro atoms. The number of hydrogen-bond donors (Lipinski definition) is 0. The van der Waals surface area contributed by atoms with Crippen LogP contribution in [0, 0.1) is 0 Å². The molecule has 2 aromatic rings. The van der Waals surface area contributed by atoms with Gasteiger partial charge in [-0.2, -0.15) is 0 Å². The van der Waals surface area contributed by atoms with E-state index in [0.29, 0.717) is 6.04 Å². The molecule has 0 heterocycles. The Morgan fingerprint density at radius 3 is 2.26 bits per heavy atom. The second kappa shape index (κ2) is 9.36. The summed E-state index contributed by atoms with van der Waals surface area (Å²) in [6.45, 7) is 6.70. The summed E-state index contributed by atoms with van der Waals surface area (Å²) in [7, 11) is 1.71. The zero-order valence-corrected chi connectivity index (χ0v) is 14.7. The van der Waals surface area contributed by atoms with Crippen molar-refractivity contribution in [2.45, 2.75) is 45.7 Å². The van der Waals surface area contributed by atoms with E-state index in [1.807, 2.05) is 0 Å². The average Bonchev–Trinajstić information content (AvgIpc) is 2.60. The van der Waals surface area contributed by atoms with Crippen LogP contribution in [0.4, 0.5) is 0 Å². The first-order chi connectivity index (χ1) is 11.2. The van der Waals surface area contributed by atoms with Crippen LogP contribution in [0.1, 0.15) is 37.8 Å². The zero-order valence-electron chi connectivity index (χ0n) is 14.7. The van der Waals surface area contributed by atoms with E-state index < -0.39 is 0 Å². The Labute approximate surface area is 141 Å². The molecule has 2 aromatic carbocycles. The molecule has 1 unspecified atom stereocenters. The molecule has 0 amide bonds. The van der Waals surface area contributed by atoms with Crippen molar-refractivity contribution in [3.8, 4) is 5.75 Å². The van der Waals surface area contributed by atoms with Gasteiger partial charge < -0.3 is 4.74 Å². The van der Waals surface area contributed by atoms with Gasteiger partial charge in [0.05, 0.1) is 7.11 Å². The minimum absolute atomic E-state index is 0.603. The molecule has 0 saturated carbocycles. The third-order valence-corrected chi connectivity index (χ3v) is 4.41. The predicted octanol–water partition coefficient (Wildman–Crippen LogP) is 4.93. The van der Waals surface area contributed by atoms with E-state index in [0.717, 1.165) is 25.3 Å². The Kier molecular flexibility index (Phi) is 7.15. The van der Waals surface area contributed by atoms with Gasteiger partial charge in [0.2, 0.25) is 0 Å². The molecular formula is C21H29NO. The van der Waals surface area contributed by atoms with Gasteiger partial charge in [-0.25, -0.2) is 0 Å². The molecule has 1 atom stereocenters. The van der Waals surface area contributed by atoms with Crippen molar-refractivity contribution in [2.75, 3.05) is 13.7 Å². The summed E-state index contributed by atoms with van der Waals surface area (Å²) in [5, 5.41) is 0. The van der Waals surface area contributed by atoms with Gasteiger partial charge in [0.15, 0.2) is 0 Å². The zero-order chi connectivity index (χ0) is 16.5. The van der Waals surface area contributed by atoms with Gasteiger partial charge in [-0.1, -0.05) is 55.8 Å². The second-order valence-electron chi connectivity index (χ2n) is 6.19. The monoisotopic (exact) mass is 311 g/mol. The molecule has 0 bridgehead atoms. The summed E-state index contributed by atoms with van der Waals surface area (Å²) in [6.07, 6.45) is 3.57. The highest BCUT2D eigenvalue weighted by atomic mass is 16.5. The Balaban J connectivity index is 2.00. The molecule has 0 aromatic heterocycles.